The van der Waals surface area contributed by atoms with Crippen molar-refractivity contribution in [3.05, 3.63) is 35.9 Å². The van der Waals surface area contributed by atoms with Crippen molar-refractivity contribution in [3.8, 4) is 0 Å². The number of hydrogen-bond donors (Lipinski definition) is 4. The molecule has 43 heavy (non-hydrogen) atoms. The third-order valence-electron chi connectivity index (χ3n) is 5.63. The monoisotopic (exact) mass is 606 g/mol. The molecule has 1 aromatic rings. The van der Waals surface area contributed by atoms with Gasteiger partial charge in [-0.05, 0) is 79.2 Å². The van der Waals surface area contributed by atoms with Gasteiger partial charge in [0.1, 0.15) is 35.9 Å². The van der Waals surface area contributed by atoms with Gasteiger partial charge in [-0.25, -0.2) is 14.4 Å². The van der Waals surface area contributed by atoms with Crippen LogP contribution in [-0.4, -0.2) is 65.8 Å². The van der Waals surface area contributed by atoms with E-state index >= 15 is 0 Å². The Bertz CT molecular complexity index is 1060. The van der Waals surface area contributed by atoms with Crippen molar-refractivity contribution >= 4 is 30.0 Å². The molecule has 0 unspecified atom stereocenters. The zero-order valence-corrected chi connectivity index (χ0v) is 27.0. The molecule has 4 N–H and O–H groups in total. The Labute approximate surface area is 255 Å². The molecule has 12 nitrogen and oxygen atoms in total. The van der Waals surface area contributed by atoms with E-state index in [1.165, 1.54) is 6.92 Å². The summed E-state index contributed by atoms with van der Waals surface area (Å²) in [6.45, 7) is 15.9. The zero-order valence-electron chi connectivity index (χ0n) is 27.0. The third kappa shape index (κ3) is 17.0. The van der Waals surface area contributed by atoms with Crippen LogP contribution in [0.25, 0.3) is 0 Å². The number of ether oxygens (including phenoxy) is 3. The van der Waals surface area contributed by atoms with E-state index in [9.17, 15) is 24.0 Å². The average Bonchev–Trinajstić information content (AvgIpc) is 2.87. The summed E-state index contributed by atoms with van der Waals surface area (Å²) in [7, 11) is 0. The van der Waals surface area contributed by atoms with Gasteiger partial charge in [0, 0.05) is 6.54 Å². The Morgan fingerprint density at radius 2 is 1.35 bits per heavy atom. The van der Waals surface area contributed by atoms with Crippen LogP contribution in [0.1, 0.15) is 87.1 Å². The van der Waals surface area contributed by atoms with Crippen molar-refractivity contribution in [1.82, 2.24) is 21.3 Å². The lowest BCUT2D eigenvalue weighted by Gasteiger charge is -2.27. The number of esters is 1. The quantitative estimate of drug-likeness (QED) is 0.141. The molecule has 0 heterocycles. The summed E-state index contributed by atoms with van der Waals surface area (Å²) in [4.78, 5) is 63.4. The molecule has 0 saturated carbocycles. The van der Waals surface area contributed by atoms with Crippen molar-refractivity contribution in [2.24, 2.45) is 5.92 Å². The molecule has 4 amide bonds. The molecule has 0 aliphatic rings. The lowest BCUT2D eigenvalue weighted by atomic mass is 10.0. The maximum Gasteiger partial charge on any atom is 0.408 e. The topological polar surface area (TPSA) is 161 Å². The molecular weight excluding hydrogens is 556 g/mol. The van der Waals surface area contributed by atoms with Gasteiger partial charge < -0.3 is 35.5 Å². The minimum Gasteiger partial charge on any atom is -0.458 e. The number of benzene rings is 1. The standard InChI is InChI=1S/C31H50N4O8/c1-20(2)18-24(27(38)42-30(4,5)6)34-25(36)21(3)33-26(37)23(16-13-17-32-28(39)43-31(7,8)9)35-29(40)41-19-22-14-11-10-12-15-22/h10-12,14-15,20-21,23-24H,13,16-19H2,1-9H3,(H,32,39)(H,33,37)(H,34,36)(H,35,40)/t21-,23-,24-/m0/s1. The highest BCUT2D eigenvalue weighted by atomic mass is 16.6. The molecule has 1 aromatic carbocycles. The van der Waals surface area contributed by atoms with Crippen LogP contribution in [0.3, 0.4) is 0 Å². The summed E-state index contributed by atoms with van der Waals surface area (Å²) in [6, 6.07) is 6.05. The molecule has 0 spiro atoms. The molecule has 1 rings (SSSR count). The summed E-state index contributed by atoms with van der Waals surface area (Å²) < 4.78 is 15.9. The van der Waals surface area contributed by atoms with Gasteiger partial charge in [-0.15, -0.1) is 0 Å². The van der Waals surface area contributed by atoms with Crippen LogP contribution in [0, 0.1) is 5.92 Å². The van der Waals surface area contributed by atoms with Crippen LogP contribution in [0.5, 0.6) is 0 Å². The van der Waals surface area contributed by atoms with Gasteiger partial charge in [0.15, 0.2) is 0 Å². The Hall–Kier alpha value is -3.83. The Balaban J connectivity index is 2.86. The van der Waals surface area contributed by atoms with Gasteiger partial charge in [-0.1, -0.05) is 44.2 Å². The van der Waals surface area contributed by atoms with E-state index < -0.39 is 59.3 Å². The number of hydrogen-bond acceptors (Lipinski definition) is 8. The van der Waals surface area contributed by atoms with Gasteiger partial charge >= 0.3 is 18.2 Å². The molecule has 3 atom stereocenters. The van der Waals surface area contributed by atoms with E-state index in [2.05, 4.69) is 21.3 Å². The van der Waals surface area contributed by atoms with Crippen LogP contribution in [0.15, 0.2) is 30.3 Å². The summed E-state index contributed by atoms with van der Waals surface area (Å²) >= 11 is 0. The fourth-order valence-electron chi connectivity index (χ4n) is 3.72. The molecule has 0 aliphatic heterocycles. The smallest absolute Gasteiger partial charge is 0.408 e. The highest BCUT2D eigenvalue weighted by Crippen LogP contribution is 2.13. The van der Waals surface area contributed by atoms with Gasteiger partial charge in [-0.2, -0.15) is 0 Å². The molecular formula is C31H50N4O8. The predicted octanol–water partition coefficient (Wildman–Crippen LogP) is 3.96. The van der Waals surface area contributed by atoms with E-state index in [1.54, 1.807) is 53.7 Å². The summed E-state index contributed by atoms with van der Waals surface area (Å²) in [5, 5.41) is 10.4. The largest absolute Gasteiger partial charge is 0.458 e. The number of alkyl carbamates (subject to hydrolysis) is 2. The highest BCUT2D eigenvalue weighted by molar-refractivity contribution is 5.92. The molecule has 0 aliphatic carbocycles. The van der Waals surface area contributed by atoms with E-state index in [1.807, 2.05) is 32.0 Å². The predicted molar refractivity (Wildman–Crippen MR) is 162 cm³/mol. The number of amides is 4. The van der Waals surface area contributed by atoms with Gasteiger partial charge in [-0.3, -0.25) is 9.59 Å². The summed E-state index contributed by atoms with van der Waals surface area (Å²) in [5.74, 6) is -1.69. The van der Waals surface area contributed by atoms with Crippen LogP contribution >= 0.6 is 0 Å². The fourth-order valence-corrected chi connectivity index (χ4v) is 3.72. The van der Waals surface area contributed by atoms with Gasteiger partial charge in [0.05, 0.1) is 0 Å². The molecule has 0 aromatic heterocycles. The van der Waals surface area contributed by atoms with Crippen molar-refractivity contribution in [2.75, 3.05) is 6.54 Å². The van der Waals surface area contributed by atoms with Gasteiger partial charge in [0.25, 0.3) is 0 Å². The number of carbonyl (C=O) groups is 5. The Morgan fingerprint density at radius 1 is 0.744 bits per heavy atom. The fraction of sp³-hybridized carbons (Fsp3) is 0.645. The normalized spacial score (nSPS) is 13.6. The maximum absolute atomic E-state index is 13.2. The van der Waals surface area contributed by atoms with E-state index in [-0.39, 0.29) is 25.5 Å². The van der Waals surface area contributed by atoms with Crippen molar-refractivity contribution in [3.63, 3.8) is 0 Å². The second kappa shape index (κ2) is 17.3. The molecule has 0 fully saturated rings. The lowest BCUT2D eigenvalue weighted by Crippen LogP contribution is -2.55. The van der Waals surface area contributed by atoms with Crippen LogP contribution in [-0.2, 0) is 35.2 Å². The molecule has 0 saturated heterocycles. The SMILES string of the molecule is CC(C)C[C@H](NC(=O)[C@H](C)NC(=O)[C@H](CCCNC(=O)OC(C)(C)C)NC(=O)OCc1ccccc1)C(=O)OC(C)(C)C. The Morgan fingerprint density at radius 3 is 1.91 bits per heavy atom. The highest BCUT2D eigenvalue weighted by Gasteiger charge is 2.30. The van der Waals surface area contributed by atoms with Crippen molar-refractivity contribution < 1.29 is 38.2 Å². The van der Waals surface area contributed by atoms with Crippen molar-refractivity contribution in [1.29, 1.82) is 0 Å². The maximum atomic E-state index is 13.2. The number of nitrogens with one attached hydrogen (secondary N) is 4. The van der Waals surface area contributed by atoms with Gasteiger partial charge in [0.2, 0.25) is 11.8 Å². The number of carbonyl (C=O) groups excluding carboxylic acids is 5. The van der Waals surface area contributed by atoms with Crippen molar-refractivity contribution in [2.45, 2.75) is 118 Å². The first-order valence-corrected chi connectivity index (χ1v) is 14.6. The molecule has 12 heteroatoms. The second-order valence-corrected chi connectivity index (χ2v) is 12.8. The van der Waals surface area contributed by atoms with Crippen LogP contribution in [0.2, 0.25) is 0 Å². The molecule has 242 valence electrons. The summed E-state index contributed by atoms with van der Waals surface area (Å²) in [6.07, 6.45) is -0.627. The average molecular weight is 607 g/mol. The van der Waals surface area contributed by atoms with Crippen LogP contribution < -0.4 is 21.3 Å². The second-order valence-electron chi connectivity index (χ2n) is 12.8. The Kier molecular flexibility index (Phi) is 15.0. The van der Waals surface area contributed by atoms with E-state index in [0.717, 1.165) is 5.56 Å². The first-order chi connectivity index (χ1) is 19.9. The van der Waals surface area contributed by atoms with Crippen LogP contribution in [0.4, 0.5) is 9.59 Å². The van der Waals surface area contributed by atoms with E-state index in [0.29, 0.717) is 12.8 Å². The minimum atomic E-state index is -1.07. The van der Waals surface area contributed by atoms with E-state index in [4.69, 9.17) is 14.2 Å². The molecule has 0 bridgehead atoms. The summed E-state index contributed by atoms with van der Waals surface area (Å²) in [5.41, 5.74) is -0.625. The minimum absolute atomic E-state index is 0.00191. The zero-order chi connectivity index (χ0) is 32.8. The number of rotatable bonds is 14. The molecule has 0 radical (unpaired) electrons. The third-order valence-corrected chi connectivity index (χ3v) is 5.63. The first-order valence-electron chi connectivity index (χ1n) is 14.6. The first kappa shape index (κ1) is 37.2. The lowest BCUT2D eigenvalue weighted by molar-refractivity contribution is -0.159.